The van der Waals surface area contributed by atoms with Gasteiger partial charge in [-0.2, -0.15) is 0 Å². The van der Waals surface area contributed by atoms with E-state index >= 15 is 0 Å². The van der Waals surface area contributed by atoms with Gasteiger partial charge in [0.1, 0.15) is 0 Å². The molecule has 1 aromatic carbocycles. The molecule has 0 aromatic heterocycles. The standard InChI is InChI=1S/C13H13Cl2N/c1-9-6-10(2-5-13(9)15)7-12-4-3-11(14)8-16-12/h2-6,16H,7-8H2,1H3. The van der Waals surface area contributed by atoms with Crippen molar-refractivity contribution in [3.63, 3.8) is 0 Å². The summed E-state index contributed by atoms with van der Waals surface area (Å²) in [5, 5.41) is 4.94. The Morgan fingerprint density at radius 2 is 2.06 bits per heavy atom. The van der Waals surface area contributed by atoms with Gasteiger partial charge in [0.15, 0.2) is 0 Å². The summed E-state index contributed by atoms with van der Waals surface area (Å²) in [5.41, 5.74) is 3.56. The van der Waals surface area contributed by atoms with Gasteiger partial charge in [-0.25, -0.2) is 0 Å². The molecule has 1 nitrogen and oxygen atoms in total. The van der Waals surface area contributed by atoms with Crippen LogP contribution in [-0.4, -0.2) is 6.54 Å². The van der Waals surface area contributed by atoms with E-state index in [-0.39, 0.29) is 0 Å². The lowest BCUT2D eigenvalue weighted by Crippen LogP contribution is -2.19. The Labute approximate surface area is 106 Å². The predicted octanol–water partition coefficient (Wildman–Crippen LogP) is 3.80. The largest absolute Gasteiger partial charge is 0.383 e. The molecule has 16 heavy (non-hydrogen) atoms. The van der Waals surface area contributed by atoms with Crippen molar-refractivity contribution in [2.24, 2.45) is 0 Å². The smallest absolute Gasteiger partial charge is 0.0505 e. The SMILES string of the molecule is Cc1cc(CC2=CC=C(Cl)CN2)ccc1Cl. The van der Waals surface area contributed by atoms with E-state index in [9.17, 15) is 0 Å². The number of halogens is 2. The molecule has 1 aliphatic rings. The third-order valence-corrected chi connectivity index (χ3v) is 3.25. The van der Waals surface area contributed by atoms with Gasteiger partial charge in [0.05, 0.1) is 6.54 Å². The molecule has 0 spiro atoms. The van der Waals surface area contributed by atoms with E-state index in [0.29, 0.717) is 0 Å². The maximum atomic E-state index is 5.99. The van der Waals surface area contributed by atoms with E-state index in [1.165, 1.54) is 11.3 Å². The first-order valence-electron chi connectivity index (χ1n) is 5.19. The van der Waals surface area contributed by atoms with Gasteiger partial charge in [-0.3, -0.25) is 0 Å². The average Bonchev–Trinajstić information content (AvgIpc) is 2.27. The van der Waals surface area contributed by atoms with E-state index in [1.807, 2.05) is 25.1 Å². The molecule has 1 aromatic rings. The first kappa shape index (κ1) is 11.6. The molecule has 0 fully saturated rings. The summed E-state index contributed by atoms with van der Waals surface area (Å²) in [4.78, 5) is 0. The number of allylic oxidation sites excluding steroid dienone is 3. The summed E-state index contributed by atoms with van der Waals surface area (Å²) in [6.07, 6.45) is 4.85. The highest BCUT2D eigenvalue weighted by Crippen LogP contribution is 2.19. The van der Waals surface area contributed by atoms with Gasteiger partial charge in [-0.15, -0.1) is 0 Å². The van der Waals surface area contributed by atoms with Gasteiger partial charge in [0, 0.05) is 22.2 Å². The second-order valence-electron chi connectivity index (χ2n) is 3.92. The minimum Gasteiger partial charge on any atom is -0.383 e. The molecule has 84 valence electrons. The fourth-order valence-electron chi connectivity index (χ4n) is 1.66. The molecule has 0 saturated carbocycles. The number of nitrogens with one attached hydrogen (secondary N) is 1. The molecule has 1 N–H and O–H groups in total. The zero-order valence-electron chi connectivity index (χ0n) is 9.06. The summed E-state index contributed by atoms with van der Waals surface area (Å²) in [6.45, 7) is 2.74. The van der Waals surface area contributed by atoms with Crippen molar-refractivity contribution in [3.05, 3.63) is 57.2 Å². The maximum absolute atomic E-state index is 5.99. The lowest BCUT2D eigenvalue weighted by molar-refractivity contribution is 0.838. The second-order valence-corrected chi connectivity index (χ2v) is 4.81. The monoisotopic (exact) mass is 253 g/mol. The quantitative estimate of drug-likeness (QED) is 0.846. The summed E-state index contributed by atoms with van der Waals surface area (Å²) in [7, 11) is 0. The van der Waals surface area contributed by atoms with Crippen molar-refractivity contribution in [1.29, 1.82) is 0 Å². The molecule has 0 unspecified atom stereocenters. The van der Waals surface area contributed by atoms with Gasteiger partial charge in [0.25, 0.3) is 0 Å². The Balaban J connectivity index is 2.12. The molecule has 0 aliphatic carbocycles. The van der Waals surface area contributed by atoms with Crippen molar-refractivity contribution in [1.82, 2.24) is 5.32 Å². The molecule has 1 aliphatic heterocycles. The van der Waals surface area contributed by atoms with Crippen LogP contribution in [0.4, 0.5) is 0 Å². The summed E-state index contributed by atoms with van der Waals surface area (Å²) in [5.74, 6) is 0. The minimum atomic E-state index is 0.722. The predicted molar refractivity (Wildman–Crippen MR) is 69.9 cm³/mol. The van der Waals surface area contributed by atoms with Crippen LogP contribution < -0.4 is 5.32 Å². The molecule has 1 heterocycles. The molecule has 0 bridgehead atoms. The molecule has 2 rings (SSSR count). The molecule has 0 amide bonds. The van der Waals surface area contributed by atoms with Crippen molar-refractivity contribution < 1.29 is 0 Å². The third-order valence-electron chi connectivity index (χ3n) is 2.57. The van der Waals surface area contributed by atoms with Crippen LogP contribution in [0.5, 0.6) is 0 Å². The number of benzene rings is 1. The lowest BCUT2D eigenvalue weighted by Gasteiger charge is -2.14. The van der Waals surface area contributed by atoms with Gasteiger partial charge in [-0.05, 0) is 36.3 Å². The molecule has 0 atom stereocenters. The number of aryl methyl sites for hydroxylation is 1. The van der Waals surface area contributed by atoms with E-state index in [4.69, 9.17) is 23.2 Å². The molecule has 0 saturated heterocycles. The highest BCUT2D eigenvalue weighted by atomic mass is 35.5. The second kappa shape index (κ2) is 4.94. The van der Waals surface area contributed by atoms with Crippen molar-refractivity contribution in [2.45, 2.75) is 13.3 Å². The van der Waals surface area contributed by atoms with Crippen LogP contribution in [0.25, 0.3) is 0 Å². The summed E-state index contributed by atoms with van der Waals surface area (Å²) in [6, 6.07) is 6.11. The van der Waals surface area contributed by atoms with Crippen LogP contribution in [0.15, 0.2) is 41.1 Å². The fraction of sp³-hybridized carbons (Fsp3) is 0.231. The molecular weight excluding hydrogens is 241 g/mol. The summed E-state index contributed by atoms with van der Waals surface area (Å²) < 4.78 is 0. The zero-order valence-corrected chi connectivity index (χ0v) is 10.6. The topological polar surface area (TPSA) is 12.0 Å². The first-order chi connectivity index (χ1) is 7.65. The van der Waals surface area contributed by atoms with Gasteiger partial charge in [-0.1, -0.05) is 35.3 Å². The Morgan fingerprint density at radius 3 is 2.69 bits per heavy atom. The van der Waals surface area contributed by atoms with Crippen LogP contribution in [0.2, 0.25) is 5.02 Å². The van der Waals surface area contributed by atoms with Crippen LogP contribution in [0.1, 0.15) is 11.1 Å². The Bertz CT molecular complexity index is 461. The molecule has 0 radical (unpaired) electrons. The number of hydrogen-bond donors (Lipinski definition) is 1. The van der Waals surface area contributed by atoms with E-state index in [1.54, 1.807) is 0 Å². The maximum Gasteiger partial charge on any atom is 0.0505 e. The normalized spacial score (nSPS) is 15.2. The van der Waals surface area contributed by atoms with Crippen LogP contribution >= 0.6 is 23.2 Å². The lowest BCUT2D eigenvalue weighted by atomic mass is 10.1. The van der Waals surface area contributed by atoms with Crippen LogP contribution in [-0.2, 0) is 6.42 Å². The van der Waals surface area contributed by atoms with Gasteiger partial charge in [0.2, 0.25) is 0 Å². The van der Waals surface area contributed by atoms with Crippen molar-refractivity contribution >= 4 is 23.2 Å². The van der Waals surface area contributed by atoms with Crippen molar-refractivity contribution in [2.75, 3.05) is 6.54 Å². The number of hydrogen-bond acceptors (Lipinski definition) is 1. The zero-order chi connectivity index (χ0) is 11.5. The Morgan fingerprint density at radius 1 is 1.25 bits per heavy atom. The Kier molecular flexibility index (Phi) is 3.57. The highest BCUT2D eigenvalue weighted by molar-refractivity contribution is 6.31. The fourth-order valence-corrected chi connectivity index (χ4v) is 1.91. The molecular formula is C13H13Cl2N. The van der Waals surface area contributed by atoms with E-state index < -0.39 is 0 Å². The van der Waals surface area contributed by atoms with Crippen molar-refractivity contribution in [3.8, 4) is 0 Å². The average molecular weight is 254 g/mol. The third kappa shape index (κ3) is 2.81. The van der Waals surface area contributed by atoms with E-state index in [0.717, 1.165) is 28.6 Å². The first-order valence-corrected chi connectivity index (χ1v) is 5.95. The molecule has 3 heteroatoms. The highest BCUT2D eigenvalue weighted by Gasteiger charge is 2.05. The summed E-state index contributed by atoms with van der Waals surface area (Å²) >= 11 is 11.9. The van der Waals surface area contributed by atoms with Gasteiger partial charge >= 0.3 is 0 Å². The van der Waals surface area contributed by atoms with Crippen LogP contribution in [0, 0.1) is 6.92 Å². The van der Waals surface area contributed by atoms with Crippen LogP contribution in [0.3, 0.4) is 0 Å². The van der Waals surface area contributed by atoms with E-state index in [2.05, 4.69) is 17.4 Å². The number of rotatable bonds is 2. The van der Waals surface area contributed by atoms with Gasteiger partial charge < -0.3 is 5.32 Å². The Hall–Kier alpha value is -0.920. The minimum absolute atomic E-state index is 0.722. The number of dihydropyridines is 1.